The Labute approximate surface area is 77.2 Å². The number of carbonyl (C=O) groups is 1. The molecular formula is C9H14N2O2. The minimum Gasteiger partial charge on any atom is -0.481 e. The van der Waals surface area contributed by atoms with Gasteiger partial charge in [-0.2, -0.15) is 0 Å². The second kappa shape index (κ2) is 4.09. The Bertz CT molecular complexity index is 292. The van der Waals surface area contributed by atoms with Crippen LogP contribution in [0.25, 0.3) is 0 Å². The summed E-state index contributed by atoms with van der Waals surface area (Å²) in [6, 6.07) is 1.88. The van der Waals surface area contributed by atoms with Crippen molar-refractivity contribution < 1.29 is 9.90 Å². The van der Waals surface area contributed by atoms with Gasteiger partial charge < -0.3 is 15.0 Å². The molecule has 0 aliphatic heterocycles. The Morgan fingerprint density at radius 2 is 2.31 bits per heavy atom. The molecule has 0 aromatic carbocycles. The van der Waals surface area contributed by atoms with Crippen LogP contribution < -0.4 is 0 Å². The molecule has 13 heavy (non-hydrogen) atoms. The van der Waals surface area contributed by atoms with Gasteiger partial charge in [0.2, 0.25) is 0 Å². The topological polar surface area (TPSA) is 56.3 Å². The van der Waals surface area contributed by atoms with Crippen LogP contribution in [0.5, 0.6) is 0 Å². The molecule has 0 aliphatic rings. The maximum atomic E-state index is 10.4. The third kappa shape index (κ3) is 3.29. The van der Waals surface area contributed by atoms with Crippen LogP contribution in [-0.4, -0.2) is 35.1 Å². The molecule has 0 unspecified atom stereocenters. The number of carboxylic acids is 1. The minimum atomic E-state index is -0.807. The monoisotopic (exact) mass is 182 g/mol. The highest BCUT2D eigenvalue weighted by molar-refractivity contribution is 5.69. The minimum absolute atomic E-state index is 0.0629. The number of aromatic nitrogens is 1. The number of hydrogen-bond donors (Lipinski definition) is 2. The van der Waals surface area contributed by atoms with Gasteiger partial charge in [0.1, 0.15) is 0 Å². The van der Waals surface area contributed by atoms with E-state index in [1.54, 1.807) is 0 Å². The number of nitrogens with one attached hydrogen (secondary N) is 1. The van der Waals surface area contributed by atoms with Crippen LogP contribution >= 0.6 is 0 Å². The van der Waals surface area contributed by atoms with E-state index in [-0.39, 0.29) is 6.42 Å². The van der Waals surface area contributed by atoms with E-state index in [9.17, 15) is 4.79 Å². The molecule has 0 saturated heterocycles. The maximum Gasteiger partial charge on any atom is 0.309 e. The summed E-state index contributed by atoms with van der Waals surface area (Å²) in [7, 11) is 3.95. The zero-order valence-corrected chi connectivity index (χ0v) is 7.87. The Kier molecular flexibility index (Phi) is 3.08. The van der Waals surface area contributed by atoms with Crippen LogP contribution in [0.15, 0.2) is 12.3 Å². The highest BCUT2D eigenvalue weighted by Gasteiger charge is 2.03. The lowest BCUT2D eigenvalue weighted by Gasteiger charge is -2.05. The van der Waals surface area contributed by atoms with Crippen molar-refractivity contribution in [2.75, 3.05) is 14.1 Å². The molecular weight excluding hydrogens is 168 g/mol. The van der Waals surface area contributed by atoms with Crippen molar-refractivity contribution in [3.63, 3.8) is 0 Å². The fourth-order valence-electron chi connectivity index (χ4n) is 1.21. The fraction of sp³-hybridized carbons (Fsp3) is 0.444. The van der Waals surface area contributed by atoms with Gasteiger partial charge in [-0.1, -0.05) is 0 Å². The van der Waals surface area contributed by atoms with Crippen molar-refractivity contribution in [1.82, 2.24) is 9.88 Å². The van der Waals surface area contributed by atoms with E-state index < -0.39 is 5.97 Å². The molecule has 0 amide bonds. The molecule has 0 radical (unpaired) electrons. The third-order valence-electron chi connectivity index (χ3n) is 1.64. The smallest absolute Gasteiger partial charge is 0.309 e. The van der Waals surface area contributed by atoms with Gasteiger partial charge in [0.25, 0.3) is 0 Å². The SMILES string of the molecule is CN(C)Cc1c[nH]c(CC(=O)O)c1. The molecule has 0 saturated carbocycles. The summed E-state index contributed by atoms with van der Waals surface area (Å²) in [5.41, 5.74) is 1.87. The molecule has 2 N–H and O–H groups in total. The predicted molar refractivity (Wildman–Crippen MR) is 49.5 cm³/mol. The number of rotatable bonds is 4. The van der Waals surface area contributed by atoms with Gasteiger partial charge in [-0.05, 0) is 25.7 Å². The average Bonchev–Trinajstić information content (AvgIpc) is 2.33. The highest BCUT2D eigenvalue weighted by Crippen LogP contribution is 2.05. The number of aliphatic carboxylic acids is 1. The summed E-state index contributed by atoms with van der Waals surface area (Å²) in [4.78, 5) is 15.3. The quantitative estimate of drug-likeness (QED) is 0.720. The Morgan fingerprint density at radius 3 is 2.85 bits per heavy atom. The van der Waals surface area contributed by atoms with Crippen LogP contribution in [0.2, 0.25) is 0 Å². The second-order valence-corrected chi connectivity index (χ2v) is 3.34. The number of hydrogen-bond acceptors (Lipinski definition) is 2. The lowest BCUT2D eigenvalue weighted by molar-refractivity contribution is -0.136. The van der Waals surface area contributed by atoms with E-state index in [2.05, 4.69) is 4.98 Å². The van der Waals surface area contributed by atoms with E-state index in [1.165, 1.54) is 0 Å². The largest absolute Gasteiger partial charge is 0.481 e. The van der Waals surface area contributed by atoms with Crippen molar-refractivity contribution >= 4 is 5.97 Å². The highest BCUT2D eigenvalue weighted by atomic mass is 16.4. The van der Waals surface area contributed by atoms with Gasteiger partial charge in [0.15, 0.2) is 0 Å². The van der Waals surface area contributed by atoms with E-state index in [0.717, 1.165) is 17.8 Å². The molecule has 1 aromatic heterocycles. The number of carboxylic acid groups (broad SMARTS) is 1. The van der Waals surface area contributed by atoms with Gasteiger partial charge in [-0.25, -0.2) is 0 Å². The lowest BCUT2D eigenvalue weighted by Crippen LogP contribution is -2.09. The van der Waals surface area contributed by atoms with Crippen LogP contribution in [0.4, 0.5) is 0 Å². The Balaban J connectivity index is 2.58. The molecule has 0 fully saturated rings. The first kappa shape index (κ1) is 9.80. The van der Waals surface area contributed by atoms with Gasteiger partial charge >= 0.3 is 5.97 Å². The first-order chi connectivity index (χ1) is 6.08. The fourth-order valence-corrected chi connectivity index (χ4v) is 1.21. The molecule has 1 heterocycles. The summed E-state index contributed by atoms with van der Waals surface area (Å²) < 4.78 is 0. The summed E-state index contributed by atoms with van der Waals surface area (Å²) in [6.45, 7) is 0.829. The van der Waals surface area contributed by atoms with Gasteiger partial charge in [0, 0.05) is 18.4 Å². The average molecular weight is 182 g/mol. The van der Waals surface area contributed by atoms with Crippen LogP contribution in [-0.2, 0) is 17.8 Å². The number of aromatic amines is 1. The summed E-state index contributed by atoms with van der Waals surface area (Å²) >= 11 is 0. The second-order valence-electron chi connectivity index (χ2n) is 3.34. The maximum absolute atomic E-state index is 10.4. The standard InChI is InChI=1S/C9H14N2O2/c1-11(2)6-7-3-8(10-5-7)4-9(12)13/h3,5,10H,4,6H2,1-2H3,(H,12,13). The summed E-state index contributed by atoms with van der Waals surface area (Å²) in [5, 5.41) is 8.53. The van der Waals surface area contributed by atoms with E-state index in [4.69, 9.17) is 5.11 Å². The molecule has 0 atom stereocenters. The van der Waals surface area contributed by atoms with E-state index in [1.807, 2.05) is 31.3 Å². The molecule has 0 spiro atoms. The number of H-pyrrole nitrogens is 1. The molecule has 1 rings (SSSR count). The summed E-state index contributed by atoms with van der Waals surface area (Å²) in [6.07, 6.45) is 1.91. The van der Waals surface area contributed by atoms with Gasteiger partial charge in [-0.3, -0.25) is 4.79 Å². The van der Waals surface area contributed by atoms with Crippen LogP contribution in [0.1, 0.15) is 11.3 Å². The summed E-state index contributed by atoms with van der Waals surface area (Å²) in [5.74, 6) is -0.807. The zero-order chi connectivity index (χ0) is 9.84. The molecule has 1 aromatic rings. The third-order valence-corrected chi connectivity index (χ3v) is 1.64. The molecule has 72 valence electrons. The van der Waals surface area contributed by atoms with Crippen LogP contribution in [0, 0.1) is 0 Å². The lowest BCUT2D eigenvalue weighted by atomic mass is 10.2. The predicted octanol–water partition coefficient (Wildman–Crippen LogP) is 0.703. The molecule has 0 aliphatic carbocycles. The van der Waals surface area contributed by atoms with Crippen molar-refractivity contribution in [2.45, 2.75) is 13.0 Å². The van der Waals surface area contributed by atoms with Crippen LogP contribution in [0.3, 0.4) is 0 Å². The Morgan fingerprint density at radius 1 is 1.62 bits per heavy atom. The van der Waals surface area contributed by atoms with E-state index >= 15 is 0 Å². The molecule has 4 heteroatoms. The van der Waals surface area contributed by atoms with Gasteiger partial charge in [0.05, 0.1) is 6.42 Å². The Hall–Kier alpha value is -1.29. The molecule has 0 bridgehead atoms. The first-order valence-electron chi connectivity index (χ1n) is 4.10. The van der Waals surface area contributed by atoms with Crippen molar-refractivity contribution in [2.24, 2.45) is 0 Å². The van der Waals surface area contributed by atoms with Crippen molar-refractivity contribution in [3.8, 4) is 0 Å². The van der Waals surface area contributed by atoms with Gasteiger partial charge in [-0.15, -0.1) is 0 Å². The van der Waals surface area contributed by atoms with Crippen molar-refractivity contribution in [1.29, 1.82) is 0 Å². The molecule has 4 nitrogen and oxygen atoms in total. The van der Waals surface area contributed by atoms with Crippen molar-refractivity contribution in [3.05, 3.63) is 23.5 Å². The zero-order valence-electron chi connectivity index (χ0n) is 7.87. The first-order valence-corrected chi connectivity index (χ1v) is 4.10. The number of nitrogens with zero attached hydrogens (tertiary/aromatic N) is 1. The van der Waals surface area contributed by atoms with E-state index in [0.29, 0.717) is 0 Å². The normalized spacial score (nSPS) is 10.7.